The van der Waals surface area contributed by atoms with Crippen LogP contribution in [0.5, 0.6) is 0 Å². The summed E-state index contributed by atoms with van der Waals surface area (Å²) in [5.41, 5.74) is 0. The van der Waals surface area contributed by atoms with E-state index in [4.69, 9.17) is 16.7 Å². The zero-order valence-electron chi connectivity index (χ0n) is 10.1. The molecule has 1 aromatic carbocycles. The molecule has 0 amide bonds. The van der Waals surface area contributed by atoms with Crippen LogP contribution in [0.2, 0.25) is 5.02 Å². The molecule has 19 heavy (non-hydrogen) atoms. The van der Waals surface area contributed by atoms with Gasteiger partial charge in [0.1, 0.15) is 6.04 Å². The van der Waals surface area contributed by atoms with E-state index >= 15 is 0 Å². The van der Waals surface area contributed by atoms with Crippen LogP contribution >= 0.6 is 11.6 Å². The Bertz CT molecular complexity index is 570. The molecule has 0 bridgehead atoms. The van der Waals surface area contributed by atoms with Crippen molar-refractivity contribution in [2.24, 2.45) is 0 Å². The predicted octanol–water partition coefficient (Wildman–Crippen LogP) is 1.97. The molecule has 0 saturated carbocycles. The molecule has 0 spiro atoms. The minimum Gasteiger partial charge on any atom is -0.480 e. The van der Waals surface area contributed by atoms with E-state index in [9.17, 15) is 13.2 Å². The van der Waals surface area contributed by atoms with Gasteiger partial charge >= 0.3 is 5.97 Å². The van der Waals surface area contributed by atoms with Gasteiger partial charge in [0.05, 0.1) is 4.90 Å². The third-order valence-corrected chi connectivity index (χ3v) is 5.33. The lowest BCUT2D eigenvalue weighted by Gasteiger charge is -2.31. The Kier molecular flexibility index (Phi) is 4.13. The van der Waals surface area contributed by atoms with Gasteiger partial charge in [-0.15, -0.1) is 0 Å². The molecule has 1 saturated heterocycles. The fourth-order valence-corrected chi connectivity index (χ4v) is 3.96. The SMILES string of the molecule is O=C(O)C1CCCCN1S(=O)(=O)c1ccc(Cl)cc1. The second-order valence-electron chi connectivity index (χ2n) is 4.42. The Labute approximate surface area is 116 Å². The van der Waals surface area contributed by atoms with Gasteiger partial charge in [-0.3, -0.25) is 4.79 Å². The number of hydrogen-bond acceptors (Lipinski definition) is 3. The van der Waals surface area contributed by atoms with Crippen LogP contribution < -0.4 is 0 Å². The standard InChI is InChI=1S/C12H14ClNO4S/c13-9-4-6-10(7-5-9)19(17,18)14-8-2-1-3-11(14)12(15)16/h4-7,11H,1-3,8H2,(H,15,16). The second kappa shape index (κ2) is 5.48. The molecule has 1 atom stereocenters. The van der Waals surface area contributed by atoms with Crippen molar-refractivity contribution < 1.29 is 18.3 Å². The highest BCUT2D eigenvalue weighted by molar-refractivity contribution is 7.89. The molecule has 2 rings (SSSR count). The topological polar surface area (TPSA) is 74.7 Å². The Morgan fingerprint density at radius 1 is 1.26 bits per heavy atom. The Balaban J connectivity index is 2.37. The number of nitrogens with zero attached hydrogens (tertiary/aromatic N) is 1. The van der Waals surface area contributed by atoms with Crippen molar-refractivity contribution in [2.75, 3.05) is 6.54 Å². The van der Waals surface area contributed by atoms with Gasteiger partial charge in [-0.25, -0.2) is 8.42 Å². The number of rotatable bonds is 3. The van der Waals surface area contributed by atoms with Crippen LogP contribution in [0.1, 0.15) is 19.3 Å². The fourth-order valence-electron chi connectivity index (χ4n) is 2.18. The Morgan fingerprint density at radius 3 is 2.47 bits per heavy atom. The van der Waals surface area contributed by atoms with Crippen LogP contribution in [-0.2, 0) is 14.8 Å². The molecular weight excluding hydrogens is 290 g/mol. The van der Waals surface area contributed by atoms with E-state index in [1.165, 1.54) is 24.3 Å². The highest BCUT2D eigenvalue weighted by Gasteiger charge is 2.37. The lowest BCUT2D eigenvalue weighted by molar-refractivity contribution is -0.142. The van der Waals surface area contributed by atoms with Gasteiger partial charge in [-0.1, -0.05) is 11.6 Å². The van der Waals surface area contributed by atoms with Gasteiger partial charge in [0.25, 0.3) is 0 Å². The monoisotopic (exact) mass is 303 g/mol. The molecule has 5 nitrogen and oxygen atoms in total. The van der Waals surface area contributed by atoms with E-state index < -0.39 is 22.0 Å². The van der Waals surface area contributed by atoms with Gasteiger partial charge in [0.2, 0.25) is 10.0 Å². The lowest BCUT2D eigenvalue weighted by Crippen LogP contribution is -2.47. The van der Waals surface area contributed by atoms with Crippen molar-refractivity contribution in [1.82, 2.24) is 4.31 Å². The van der Waals surface area contributed by atoms with Crippen molar-refractivity contribution >= 4 is 27.6 Å². The molecule has 0 aliphatic carbocycles. The van der Waals surface area contributed by atoms with Crippen molar-refractivity contribution in [3.8, 4) is 0 Å². The first-order valence-electron chi connectivity index (χ1n) is 5.93. The van der Waals surface area contributed by atoms with Crippen molar-refractivity contribution in [3.63, 3.8) is 0 Å². The average molecular weight is 304 g/mol. The number of sulfonamides is 1. The first-order valence-corrected chi connectivity index (χ1v) is 7.75. The number of aliphatic carboxylic acids is 1. The van der Waals surface area contributed by atoms with E-state index in [1.54, 1.807) is 0 Å². The summed E-state index contributed by atoms with van der Waals surface area (Å²) in [5, 5.41) is 9.57. The summed E-state index contributed by atoms with van der Waals surface area (Å²) >= 11 is 5.72. The summed E-state index contributed by atoms with van der Waals surface area (Å²) in [6, 6.07) is 4.77. The minimum atomic E-state index is -3.78. The predicted molar refractivity (Wildman–Crippen MR) is 70.6 cm³/mol. The summed E-state index contributed by atoms with van der Waals surface area (Å²) < 4.78 is 25.9. The van der Waals surface area contributed by atoms with Gasteiger partial charge in [-0.2, -0.15) is 4.31 Å². The molecular formula is C12H14ClNO4S. The summed E-state index contributed by atoms with van der Waals surface area (Å²) in [6.45, 7) is 0.238. The van der Waals surface area contributed by atoms with Crippen LogP contribution in [-0.4, -0.2) is 36.4 Å². The summed E-state index contributed by atoms with van der Waals surface area (Å²) in [4.78, 5) is 11.2. The molecule has 1 N–H and O–H groups in total. The number of carbonyl (C=O) groups is 1. The zero-order valence-corrected chi connectivity index (χ0v) is 11.7. The molecule has 1 aliphatic rings. The van der Waals surface area contributed by atoms with Gasteiger partial charge in [0.15, 0.2) is 0 Å². The number of hydrogen-bond donors (Lipinski definition) is 1. The van der Waals surface area contributed by atoms with Gasteiger partial charge in [-0.05, 0) is 43.5 Å². The summed E-state index contributed by atoms with van der Waals surface area (Å²) in [6.07, 6.45) is 1.75. The number of halogens is 1. The van der Waals surface area contributed by atoms with Crippen LogP contribution in [0.3, 0.4) is 0 Å². The molecule has 7 heteroatoms. The highest BCUT2D eigenvalue weighted by Crippen LogP contribution is 2.26. The van der Waals surface area contributed by atoms with Crippen molar-refractivity contribution in [3.05, 3.63) is 29.3 Å². The molecule has 1 aliphatic heterocycles. The first kappa shape index (κ1) is 14.3. The van der Waals surface area contributed by atoms with E-state index in [-0.39, 0.29) is 11.4 Å². The first-order chi connectivity index (χ1) is 8.93. The van der Waals surface area contributed by atoms with Crippen LogP contribution in [0.25, 0.3) is 0 Å². The number of piperidine rings is 1. The molecule has 1 fully saturated rings. The maximum absolute atomic E-state index is 12.4. The largest absolute Gasteiger partial charge is 0.480 e. The zero-order chi connectivity index (χ0) is 14.0. The molecule has 1 aromatic rings. The van der Waals surface area contributed by atoms with Gasteiger partial charge < -0.3 is 5.11 Å². The van der Waals surface area contributed by atoms with Crippen LogP contribution in [0.15, 0.2) is 29.2 Å². The van der Waals surface area contributed by atoms with Crippen LogP contribution in [0, 0.1) is 0 Å². The van der Waals surface area contributed by atoms with Crippen molar-refractivity contribution in [1.29, 1.82) is 0 Å². The minimum absolute atomic E-state index is 0.0741. The number of benzene rings is 1. The fraction of sp³-hybridized carbons (Fsp3) is 0.417. The Morgan fingerprint density at radius 2 is 1.89 bits per heavy atom. The molecule has 1 heterocycles. The maximum atomic E-state index is 12.4. The Hall–Kier alpha value is -1.11. The van der Waals surface area contributed by atoms with Gasteiger partial charge in [0, 0.05) is 11.6 Å². The number of carboxylic acid groups (broad SMARTS) is 1. The quantitative estimate of drug-likeness (QED) is 0.926. The normalized spacial score (nSPS) is 21.2. The molecule has 1 unspecified atom stereocenters. The van der Waals surface area contributed by atoms with E-state index in [1.807, 2.05) is 0 Å². The molecule has 104 valence electrons. The van der Waals surface area contributed by atoms with Crippen molar-refractivity contribution in [2.45, 2.75) is 30.2 Å². The van der Waals surface area contributed by atoms with E-state index in [0.717, 1.165) is 10.7 Å². The lowest BCUT2D eigenvalue weighted by atomic mass is 10.1. The average Bonchev–Trinajstić information content (AvgIpc) is 2.39. The van der Waals surface area contributed by atoms with Crippen LogP contribution in [0.4, 0.5) is 0 Å². The van der Waals surface area contributed by atoms with E-state index in [0.29, 0.717) is 17.9 Å². The second-order valence-corrected chi connectivity index (χ2v) is 6.75. The summed E-state index contributed by atoms with van der Waals surface area (Å²) in [7, 11) is -3.78. The third-order valence-electron chi connectivity index (χ3n) is 3.16. The maximum Gasteiger partial charge on any atom is 0.322 e. The smallest absolute Gasteiger partial charge is 0.322 e. The third kappa shape index (κ3) is 2.91. The summed E-state index contributed by atoms with van der Waals surface area (Å²) in [5.74, 6) is -1.10. The molecule has 0 radical (unpaired) electrons. The number of carboxylic acids is 1. The highest BCUT2D eigenvalue weighted by atomic mass is 35.5. The molecule has 0 aromatic heterocycles. The van der Waals surface area contributed by atoms with E-state index in [2.05, 4.69) is 0 Å².